The SMILES string of the molecule is Cl.N[C@H]1CCOc2c(C(=O)Nc3ccc(F)c(F)c3)ccc(Cl)c21.O=C(N[C@H]1CCOc2c(C(=O)Nc3ccc(F)c(F)c3)ccc(Cl)c21)OCc1ccccn1.OCc1ccccn1. The van der Waals surface area contributed by atoms with Crippen molar-refractivity contribution >= 4 is 64.9 Å². The Labute approximate surface area is 385 Å². The van der Waals surface area contributed by atoms with Crippen molar-refractivity contribution in [1.29, 1.82) is 0 Å². The molecule has 3 amide bonds. The molecule has 2 aliphatic heterocycles. The van der Waals surface area contributed by atoms with E-state index < -0.39 is 47.2 Å². The van der Waals surface area contributed by atoms with Gasteiger partial charge in [0, 0.05) is 76.0 Å². The van der Waals surface area contributed by atoms with Gasteiger partial charge in [-0.1, -0.05) is 35.3 Å². The Morgan fingerprint density at radius 1 is 0.692 bits per heavy atom. The summed E-state index contributed by atoms with van der Waals surface area (Å²) in [5.74, 6) is -4.73. The number of nitrogens with two attached hydrogens (primary N) is 1. The van der Waals surface area contributed by atoms with Gasteiger partial charge in [0.25, 0.3) is 11.8 Å². The number of nitrogens with zero attached hydrogens (tertiary/aromatic N) is 2. The summed E-state index contributed by atoms with van der Waals surface area (Å²) >= 11 is 12.5. The number of carbonyl (C=O) groups is 3. The number of nitrogens with one attached hydrogen (secondary N) is 3. The molecule has 340 valence electrons. The second kappa shape index (κ2) is 23.4. The van der Waals surface area contributed by atoms with Crippen LogP contribution < -0.4 is 31.2 Å². The van der Waals surface area contributed by atoms with Gasteiger partial charge in [0.2, 0.25) is 0 Å². The van der Waals surface area contributed by atoms with Crippen LogP contribution in [0.25, 0.3) is 0 Å². The number of fused-ring (bicyclic) bond motifs is 2. The third-order valence-electron chi connectivity index (χ3n) is 9.43. The summed E-state index contributed by atoms with van der Waals surface area (Å²) in [6.07, 6.45) is 3.58. The summed E-state index contributed by atoms with van der Waals surface area (Å²) in [4.78, 5) is 45.5. The summed E-state index contributed by atoms with van der Waals surface area (Å²) in [5.41, 5.74) is 8.92. The molecule has 20 heteroatoms. The van der Waals surface area contributed by atoms with Crippen molar-refractivity contribution in [2.24, 2.45) is 5.73 Å². The molecule has 2 atom stereocenters. The number of aromatic nitrogens is 2. The molecule has 8 rings (SSSR count). The number of aliphatic hydroxyl groups is 1. The highest BCUT2D eigenvalue weighted by Crippen LogP contribution is 2.41. The largest absolute Gasteiger partial charge is 0.492 e. The first-order chi connectivity index (χ1) is 30.8. The van der Waals surface area contributed by atoms with Gasteiger partial charge in [0.15, 0.2) is 23.3 Å². The molecule has 6 N–H and O–H groups in total. The van der Waals surface area contributed by atoms with Gasteiger partial charge in [-0.3, -0.25) is 19.6 Å². The Balaban J connectivity index is 0.000000214. The van der Waals surface area contributed by atoms with Crippen molar-refractivity contribution < 1.29 is 51.3 Å². The van der Waals surface area contributed by atoms with E-state index in [1.807, 2.05) is 12.1 Å². The van der Waals surface area contributed by atoms with Crippen LogP contribution in [0.1, 0.15) is 68.2 Å². The lowest BCUT2D eigenvalue weighted by atomic mass is 9.97. The van der Waals surface area contributed by atoms with Crippen LogP contribution in [0.5, 0.6) is 11.5 Å². The number of hydrogen-bond acceptors (Lipinski definition) is 10. The molecule has 0 saturated heterocycles. The van der Waals surface area contributed by atoms with Crippen LogP contribution in [-0.4, -0.2) is 46.2 Å². The highest BCUT2D eigenvalue weighted by atomic mass is 35.5. The molecular weight excluding hydrogens is 919 g/mol. The van der Waals surface area contributed by atoms with Crippen LogP contribution >= 0.6 is 35.6 Å². The molecule has 6 aromatic rings. The molecule has 4 heterocycles. The second-order valence-corrected chi connectivity index (χ2v) is 14.6. The van der Waals surface area contributed by atoms with Gasteiger partial charge in [0.05, 0.1) is 48.4 Å². The number of pyridine rings is 2. The summed E-state index contributed by atoms with van der Waals surface area (Å²) in [7, 11) is 0. The maximum Gasteiger partial charge on any atom is 0.408 e. The maximum absolute atomic E-state index is 13.5. The van der Waals surface area contributed by atoms with E-state index in [1.54, 1.807) is 42.7 Å². The number of rotatable bonds is 8. The summed E-state index contributed by atoms with van der Waals surface area (Å²) in [6.45, 7) is 0.609. The van der Waals surface area contributed by atoms with Gasteiger partial charge < -0.3 is 41.0 Å². The molecule has 0 saturated carbocycles. The molecule has 2 aliphatic rings. The molecule has 2 aromatic heterocycles. The number of carbonyl (C=O) groups excluding carboxylic acids is 3. The molecule has 4 aromatic carbocycles. The molecule has 0 unspecified atom stereocenters. The lowest BCUT2D eigenvalue weighted by Gasteiger charge is -2.28. The fourth-order valence-electron chi connectivity index (χ4n) is 6.33. The van der Waals surface area contributed by atoms with Crippen LogP contribution in [0.15, 0.2) is 109 Å². The molecule has 0 radical (unpaired) electrons. The van der Waals surface area contributed by atoms with Crippen molar-refractivity contribution in [2.45, 2.75) is 38.1 Å². The first kappa shape index (κ1) is 49.5. The molecular formula is C45H39Cl3F4N6O7. The topological polar surface area (TPSA) is 187 Å². The summed E-state index contributed by atoms with van der Waals surface area (Å²) < 4.78 is 69.3. The summed E-state index contributed by atoms with van der Waals surface area (Å²) in [5, 5.41) is 16.9. The predicted molar refractivity (Wildman–Crippen MR) is 236 cm³/mol. The van der Waals surface area contributed by atoms with Gasteiger partial charge in [-0.15, -0.1) is 12.4 Å². The van der Waals surface area contributed by atoms with E-state index in [9.17, 15) is 31.9 Å². The van der Waals surface area contributed by atoms with Crippen molar-refractivity contribution in [1.82, 2.24) is 15.3 Å². The minimum absolute atomic E-state index is 0. The number of alkyl carbamates (subject to hydrolysis) is 1. The van der Waals surface area contributed by atoms with Crippen LogP contribution in [0.2, 0.25) is 10.0 Å². The number of halogens is 7. The van der Waals surface area contributed by atoms with Crippen LogP contribution in [0, 0.1) is 23.3 Å². The zero-order chi connectivity index (χ0) is 45.8. The second-order valence-electron chi connectivity index (χ2n) is 13.8. The minimum atomic E-state index is -1.09. The number of aliphatic hydroxyl groups excluding tert-OH is 1. The standard InChI is InChI=1S/C23H18ClF2N3O4.C16H13ClF2N2O2.C6H7NO.ClH/c24-16-6-5-15(22(30)28-13-4-7-17(25)18(26)11-13)21-20(16)19(8-10-32-21)29-23(31)33-12-14-3-1-2-9-27-14;17-10-3-2-9(15-14(10)13(20)5-6-23-15)16(22)21-8-1-4-11(18)12(19)7-8;8-5-6-3-1-2-4-7-6;/h1-7,9,11,19H,8,10,12H2,(H,28,30)(H,29,31);1-4,7,13H,5-6,20H2,(H,21,22);1-4,8H,5H2;1H/t19-;13-;;/m00../s1. The third-order valence-corrected chi connectivity index (χ3v) is 10.1. The van der Waals surface area contributed by atoms with Crippen LogP contribution in [0.4, 0.5) is 33.7 Å². The predicted octanol–water partition coefficient (Wildman–Crippen LogP) is 9.66. The van der Waals surface area contributed by atoms with E-state index in [0.717, 1.165) is 24.3 Å². The van der Waals surface area contributed by atoms with E-state index in [4.69, 9.17) is 48.3 Å². The zero-order valence-corrected chi connectivity index (χ0v) is 36.2. The number of hydrogen-bond donors (Lipinski definition) is 5. The van der Waals surface area contributed by atoms with E-state index >= 15 is 0 Å². The Morgan fingerprint density at radius 2 is 1.20 bits per heavy atom. The van der Waals surface area contributed by atoms with E-state index in [0.29, 0.717) is 57.8 Å². The number of ether oxygens (including phenoxy) is 3. The van der Waals surface area contributed by atoms with Crippen molar-refractivity contribution in [2.75, 3.05) is 23.8 Å². The highest BCUT2D eigenvalue weighted by molar-refractivity contribution is 6.32. The monoisotopic (exact) mass is 956 g/mol. The highest BCUT2D eigenvalue weighted by Gasteiger charge is 2.31. The lowest BCUT2D eigenvalue weighted by molar-refractivity contribution is 0.101. The number of benzene rings is 4. The average Bonchev–Trinajstić information content (AvgIpc) is 3.29. The molecule has 13 nitrogen and oxygen atoms in total. The molecule has 0 fully saturated rings. The number of amides is 3. The van der Waals surface area contributed by atoms with Crippen LogP contribution in [0.3, 0.4) is 0 Å². The Hall–Kier alpha value is -6.50. The van der Waals surface area contributed by atoms with Crippen molar-refractivity contribution in [3.63, 3.8) is 0 Å². The Kier molecular flexibility index (Phi) is 17.9. The van der Waals surface area contributed by atoms with Crippen molar-refractivity contribution in [3.05, 3.63) is 176 Å². The van der Waals surface area contributed by atoms with Crippen molar-refractivity contribution in [3.8, 4) is 11.5 Å². The molecule has 0 spiro atoms. The average molecular weight is 958 g/mol. The maximum atomic E-state index is 13.5. The smallest absolute Gasteiger partial charge is 0.408 e. The van der Waals surface area contributed by atoms with Gasteiger partial charge >= 0.3 is 6.09 Å². The third kappa shape index (κ3) is 13.0. The Morgan fingerprint density at radius 3 is 1.69 bits per heavy atom. The Bertz CT molecular complexity index is 2620. The fraction of sp³-hybridized carbons (Fsp3) is 0.178. The molecule has 0 bridgehead atoms. The fourth-order valence-corrected chi connectivity index (χ4v) is 6.90. The van der Waals surface area contributed by atoms with E-state index in [1.165, 1.54) is 30.3 Å². The van der Waals surface area contributed by atoms with E-state index in [2.05, 4.69) is 25.9 Å². The first-order valence-electron chi connectivity index (χ1n) is 19.4. The van der Waals surface area contributed by atoms with Gasteiger partial charge in [-0.2, -0.15) is 0 Å². The molecule has 65 heavy (non-hydrogen) atoms. The quantitative estimate of drug-likeness (QED) is 0.0920. The summed E-state index contributed by atoms with van der Waals surface area (Å²) in [6, 6.07) is 22.0. The van der Waals surface area contributed by atoms with Gasteiger partial charge in [-0.25, -0.2) is 22.4 Å². The lowest BCUT2D eigenvalue weighted by Crippen LogP contribution is -2.33. The first-order valence-corrected chi connectivity index (χ1v) is 20.1. The normalized spacial score (nSPS) is 14.3. The van der Waals surface area contributed by atoms with E-state index in [-0.39, 0.29) is 66.5 Å². The van der Waals surface area contributed by atoms with Gasteiger partial charge in [0.1, 0.15) is 18.1 Å². The zero-order valence-electron chi connectivity index (χ0n) is 33.8. The molecule has 0 aliphatic carbocycles. The van der Waals surface area contributed by atoms with Crippen LogP contribution in [-0.2, 0) is 18.0 Å². The number of anilines is 2. The van der Waals surface area contributed by atoms with Gasteiger partial charge in [-0.05, 0) is 72.8 Å². The minimum Gasteiger partial charge on any atom is -0.492 e.